The van der Waals surface area contributed by atoms with Gasteiger partial charge >= 0.3 is 5.97 Å². The number of carbonyl (C=O) groups excluding carboxylic acids is 3. The molecule has 53 heavy (non-hydrogen) atoms. The molecule has 2 heterocycles. The summed E-state index contributed by atoms with van der Waals surface area (Å²) in [7, 11) is 6.30. The Morgan fingerprint density at radius 2 is 1.74 bits per heavy atom. The zero-order chi connectivity index (χ0) is 39.5. The first kappa shape index (κ1) is 43.1. The zero-order valence-corrected chi connectivity index (χ0v) is 33.0. The van der Waals surface area contributed by atoms with Crippen LogP contribution in [0.5, 0.6) is 5.88 Å². The number of ether oxygens (including phenoxy) is 3. The van der Waals surface area contributed by atoms with Gasteiger partial charge in [0.15, 0.2) is 0 Å². The van der Waals surface area contributed by atoms with Crippen LogP contribution in [0, 0.1) is 17.8 Å². The Labute approximate surface area is 314 Å². The number of anilines is 1. The first-order chi connectivity index (χ1) is 25.1. The Morgan fingerprint density at radius 3 is 2.30 bits per heavy atom. The number of aromatic nitrogens is 2. The fourth-order valence-electron chi connectivity index (χ4n) is 7.27. The van der Waals surface area contributed by atoms with Gasteiger partial charge in [0.05, 0.1) is 43.7 Å². The molecule has 0 unspecified atom stereocenters. The summed E-state index contributed by atoms with van der Waals surface area (Å²) < 4.78 is 17.1. The SMILES string of the molecule is CC[C@H](C)[C@@H]([C@@H](CC(=O)N1CCC[C@H]1[C@H](OC)[C@@H](C)C(=O)N[C@@](C)(Cc1ccccc1)C(=O)O)OC)N(C)C(=O)[C@@H](Nc1nccc(OC)n1)C(C)C. The van der Waals surface area contributed by atoms with E-state index in [0.717, 1.165) is 12.0 Å². The largest absolute Gasteiger partial charge is 0.481 e. The molecule has 0 radical (unpaired) electrons. The minimum atomic E-state index is -1.55. The highest BCUT2D eigenvalue weighted by molar-refractivity contribution is 5.88. The number of rotatable bonds is 20. The van der Waals surface area contributed by atoms with Gasteiger partial charge in [-0.2, -0.15) is 4.98 Å². The number of likely N-dealkylation sites (N-methyl/N-ethyl adjacent to an activating group) is 1. The number of aliphatic carboxylic acids is 1. The molecule has 3 amide bonds. The number of carboxylic acid groups (broad SMARTS) is 1. The number of carboxylic acids is 1. The van der Waals surface area contributed by atoms with Crippen molar-refractivity contribution in [2.45, 2.75) is 110 Å². The van der Waals surface area contributed by atoms with E-state index in [4.69, 9.17) is 14.2 Å². The molecule has 0 aliphatic carbocycles. The normalized spacial score (nSPS) is 18.9. The topological polar surface area (TPSA) is 173 Å². The average Bonchev–Trinajstić information content (AvgIpc) is 3.63. The van der Waals surface area contributed by atoms with Crippen LogP contribution in [-0.2, 0) is 35.1 Å². The van der Waals surface area contributed by atoms with E-state index in [1.165, 1.54) is 21.1 Å². The van der Waals surface area contributed by atoms with Crippen molar-refractivity contribution in [2.24, 2.45) is 17.8 Å². The van der Waals surface area contributed by atoms with E-state index in [1.807, 2.05) is 58.0 Å². The van der Waals surface area contributed by atoms with Crippen molar-refractivity contribution < 1.29 is 38.5 Å². The molecule has 0 spiro atoms. The number of amides is 3. The lowest BCUT2D eigenvalue weighted by Gasteiger charge is -2.41. The van der Waals surface area contributed by atoms with E-state index < -0.39 is 53.7 Å². The van der Waals surface area contributed by atoms with Gasteiger partial charge < -0.3 is 39.8 Å². The molecule has 3 rings (SSSR count). The van der Waals surface area contributed by atoms with Gasteiger partial charge in [-0.1, -0.05) is 71.4 Å². The number of likely N-dealkylation sites (tertiary alicyclic amines) is 1. The second-order valence-corrected chi connectivity index (χ2v) is 14.7. The smallest absolute Gasteiger partial charge is 0.329 e. The zero-order valence-electron chi connectivity index (χ0n) is 33.0. The number of hydrogen-bond acceptors (Lipinski definition) is 10. The first-order valence-electron chi connectivity index (χ1n) is 18.5. The Kier molecular flexibility index (Phi) is 16.0. The number of nitrogens with zero attached hydrogens (tertiary/aromatic N) is 4. The Hall–Kier alpha value is -4.30. The molecule has 1 aliphatic heterocycles. The first-order valence-corrected chi connectivity index (χ1v) is 18.5. The minimum Gasteiger partial charge on any atom is -0.481 e. The molecule has 14 heteroatoms. The lowest BCUT2D eigenvalue weighted by Crippen LogP contribution is -2.58. The van der Waals surface area contributed by atoms with Crippen LogP contribution in [-0.4, -0.2) is 119 Å². The maximum absolute atomic E-state index is 14.2. The van der Waals surface area contributed by atoms with Crippen LogP contribution in [0.1, 0.15) is 72.8 Å². The number of nitrogens with one attached hydrogen (secondary N) is 2. The maximum atomic E-state index is 14.2. The van der Waals surface area contributed by atoms with Crippen molar-refractivity contribution in [3.8, 4) is 5.88 Å². The highest BCUT2D eigenvalue weighted by Gasteiger charge is 2.44. The van der Waals surface area contributed by atoms with Gasteiger partial charge in [0.25, 0.3) is 0 Å². The van der Waals surface area contributed by atoms with E-state index in [1.54, 1.807) is 43.1 Å². The van der Waals surface area contributed by atoms with Crippen molar-refractivity contribution >= 4 is 29.6 Å². The van der Waals surface area contributed by atoms with Crippen LogP contribution in [0.15, 0.2) is 42.6 Å². The summed E-state index contributed by atoms with van der Waals surface area (Å²) in [6.07, 6.45) is 2.39. The maximum Gasteiger partial charge on any atom is 0.329 e. The molecule has 1 aromatic heterocycles. The van der Waals surface area contributed by atoms with Crippen LogP contribution in [0.25, 0.3) is 0 Å². The van der Waals surface area contributed by atoms with Crippen molar-refractivity contribution in [3.05, 3.63) is 48.2 Å². The van der Waals surface area contributed by atoms with E-state index in [0.29, 0.717) is 25.3 Å². The third-order valence-corrected chi connectivity index (χ3v) is 10.6. The predicted octanol–water partition coefficient (Wildman–Crippen LogP) is 4.04. The van der Waals surface area contributed by atoms with Gasteiger partial charge in [0.1, 0.15) is 11.6 Å². The lowest BCUT2D eigenvalue weighted by molar-refractivity contribution is -0.150. The summed E-state index contributed by atoms with van der Waals surface area (Å²) in [4.78, 5) is 66.4. The molecular weight excluding hydrogens is 680 g/mol. The van der Waals surface area contributed by atoms with Crippen molar-refractivity contribution in [3.63, 3.8) is 0 Å². The number of methoxy groups -OCH3 is 3. The van der Waals surface area contributed by atoms with E-state index in [9.17, 15) is 24.3 Å². The third-order valence-electron chi connectivity index (χ3n) is 10.6. The molecule has 8 atom stereocenters. The lowest BCUT2D eigenvalue weighted by atomic mass is 9.89. The Bertz CT molecular complexity index is 1510. The molecule has 14 nitrogen and oxygen atoms in total. The monoisotopic (exact) mass is 740 g/mol. The van der Waals surface area contributed by atoms with E-state index >= 15 is 0 Å². The summed E-state index contributed by atoms with van der Waals surface area (Å²) in [5.74, 6) is -2.27. The van der Waals surface area contributed by atoms with Crippen molar-refractivity contribution in [1.82, 2.24) is 25.1 Å². The summed E-state index contributed by atoms with van der Waals surface area (Å²) in [6.45, 7) is 11.6. The van der Waals surface area contributed by atoms with Crippen LogP contribution < -0.4 is 15.4 Å². The second-order valence-electron chi connectivity index (χ2n) is 14.7. The quantitative estimate of drug-likeness (QED) is 0.179. The van der Waals surface area contributed by atoms with Crippen LogP contribution in [0.3, 0.4) is 0 Å². The molecular formula is C39H60N6O8. The molecule has 3 N–H and O–H groups in total. The van der Waals surface area contributed by atoms with Gasteiger partial charge in [0, 0.05) is 46.5 Å². The Morgan fingerprint density at radius 1 is 1.06 bits per heavy atom. The number of carbonyl (C=O) groups is 4. The van der Waals surface area contributed by atoms with Crippen LogP contribution in [0.4, 0.5) is 5.95 Å². The predicted molar refractivity (Wildman–Crippen MR) is 201 cm³/mol. The average molecular weight is 741 g/mol. The van der Waals surface area contributed by atoms with Crippen molar-refractivity contribution in [1.29, 1.82) is 0 Å². The fraction of sp³-hybridized carbons (Fsp3) is 0.641. The minimum absolute atomic E-state index is 0.00354. The fourth-order valence-corrected chi connectivity index (χ4v) is 7.27. The van der Waals surface area contributed by atoms with Gasteiger partial charge in [0.2, 0.25) is 29.5 Å². The highest BCUT2D eigenvalue weighted by atomic mass is 16.5. The number of hydrogen-bond donors (Lipinski definition) is 3. The van der Waals surface area contributed by atoms with E-state index in [2.05, 4.69) is 20.6 Å². The molecule has 1 saturated heterocycles. The van der Waals surface area contributed by atoms with Gasteiger partial charge in [-0.15, -0.1) is 0 Å². The molecule has 2 aromatic rings. The van der Waals surface area contributed by atoms with Gasteiger partial charge in [-0.3, -0.25) is 14.4 Å². The molecule has 1 aromatic carbocycles. The van der Waals surface area contributed by atoms with Crippen LogP contribution >= 0.6 is 0 Å². The van der Waals surface area contributed by atoms with Crippen LogP contribution in [0.2, 0.25) is 0 Å². The molecule has 0 bridgehead atoms. The molecule has 294 valence electrons. The van der Waals surface area contributed by atoms with Gasteiger partial charge in [-0.25, -0.2) is 9.78 Å². The molecule has 0 saturated carbocycles. The molecule has 1 fully saturated rings. The highest BCUT2D eigenvalue weighted by Crippen LogP contribution is 2.30. The standard InChI is InChI=1S/C39H60N6O8/c1-11-25(4)33(44(7)36(48)32(24(2)3)42-38-40-20-19-30(41-38)52-9)29(51-8)22-31(46)45-21-15-18-28(45)34(53-10)26(5)35(47)43-39(6,37(49)50)23-27-16-13-12-14-17-27/h12-14,16-17,19-20,24-26,28-29,32-34H,11,15,18,21-23H2,1-10H3,(H,43,47)(H,49,50)(H,40,41,42)/t25-,26+,28-,29+,32-,33-,34+,39-/m0/s1. The van der Waals surface area contributed by atoms with Gasteiger partial charge in [-0.05, 0) is 37.2 Å². The van der Waals surface area contributed by atoms with Crippen molar-refractivity contribution in [2.75, 3.05) is 40.2 Å². The van der Waals surface area contributed by atoms with E-state index in [-0.39, 0.29) is 42.4 Å². The Balaban J connectivity index is 1.79. The molecule has 1 aliphatic rings. The summed E-state index contributed by atoms with van der Waals surface area (Å²) >= 11 is 0. The summed E-state index contributed by atoms with van der Waals surface area (Å²) in [6, 6.07) is 9.22. The number of benzene rings is 1. The second kappa shape index (κ2) is 19.7. The third kappa shape index (κ3) is 10.9. The summed E-state index contributed by atoms with van der Waals surface area (Å²) in [5.41, 5.74) is -0.778. The summed E-state index contributed by atoms with van der Waals surface area (Å²) in [5, 5.41) is 16.1.